The van der Waals surface area contributed by atoms with Crippen molar-refractivity contribution in [2.75, 3.05) is 10.2 Å². The number of carboxylic acids is 1. The van der Waals surface area contributed by atoms with Crippen molar-refractivity contribution in [1.29, 1.82) is 0 Å². The van der Waals surface area contributed by atoms with E-state index in [0.717, 1.165) is 37.8 Å². The number of carboxylic acid groups (broad SMARTS) is 1. The van der Waals surface area contributed by atoms with Gasteiger partial charge in [-0.3, -0.25) is 9.59 Å². The van der Waals surface area contributed by atoms with Crippen molar-refractivity contribution in [3.8, 4) is 0 Å². The first kappa shape index (κ1) is 27.3. The largest absolute Gasteiger partial charge is 0.478 e. The number of carbonyl (C=O) groups is 3. The molecule has 9 heteroatoms. The first-order valence-electron chi connectivity index (χ1n) is 13.4. The van der Waals surface area contributed by atoms with Gasteiger partial charge in [0.05, 0.1) is 11.3 Å². The van der Waals surface area contributed by atoms with Crippen LogP contribution in [0.25, 0.3) is 21.9 Å². The minimum atomic E-state index is -1.18. The normalized spacial score (nSPS) is 17.4. The number of halogens is 2. The van der Waals surface area contributed by atoms with Gasteiger partial charge in [-0.2, -0.15) is 0 Å². The molecule has 0 saturated heterocycles. The van der Waals surface area contributed by atoms with Crippen LogP contribution in [0.4, 0.5) is 20.2 Å². The van der Waals surface area contributed by atoms with Crippen molar-refractivity contribution in [3.63, 3.8) is 0 Å². The number of benzene rings is 3. The van der Waals surface area contributed by atoms with E-state index in [2.05, 4.69) is 12.2 Å². The summed E-state index contributed by atoms with van der Waals surface area (Å²) in [6, 6.07) is 10.5. The molecule has 1 aliphatic carbocycles. The Morgan fingerprint density at radius 2 is 1.62 bits per heavy atom. The molecule has 1 aliphatic rings. The molecule has 7 nitrogen and oxygen atoms in total. The molecule has 0 unspecified atom stereocenters. The minimum Gasteiger partial charge on any atom is -0.478 e. The van der Waals surface area contributed by atoms with E-state index in [1.165, 1.54) is 18.2 Å². The number of rotatable bonds is 6. The lowest BCUT2D eigenvalue weighted by molar-refractivity contribution is -0.123. The monoisotopic (exact) mass is 548 g/mol. The van der Waals surface area contributed by atoms with Gasteiger partial charge in [0.15, 0.2) is 11.6 Å². The van der Waals surface area contributed by atoms with Crippen LogP contribution in [0.5, 0.6) is 0 Å². The third-order valence-electron chi connectivity index (χ3n) is 7.64. The fourth-order valence-corrected chi connectivity index (χ4v) is 5.46. The van der Waals surface area contributed by atoms with Gasteiger partial charge >= 0.3 is 5.97 Å². The van der Waals surface area contributed by atoms with Gasteiger partial charge in [-0.25, -0.2) is 13.6 Å². The Kier molecular flexibility index (Phi) is 7.31. The Morgan fingerprint density at radius 1 is 0.925 bits per heavy atom. The number of amides is 2. The lowest BCUT2D eigenvalue weighted by atomic mass is 9.82. The lowest BCUT2D eigenvalue weighted by Crippen LogP contribution is -2.42. The summed E-state index contributed by atoms with van der Waals surface area (Å²) in [5.41, 5.74) is 1.29. The standard InChI is InChI=1S/C31H30F2N2O5/c1-16(2)35(30(37)18-6-4-17(3)5-7-18)26-14-22-21-12-19(29(36)34-20-9-10-24(32)25(33)13-20)8-11-27(21)40-28(22)15-23(26)31(38)39/h8-18H,4-7H2,1-3H3,(H,34,36)(H,38,39). The zero-order chi connectivity index (χ0) is 28.7. The van der Waals surface area contributed by atoms with Gasteiger partial charge in [0, 0.05) is 40.0 Å². The Hall–Kier alpha value is -4.27. The molecule has 0 aliphatic heterocycles. The summed E-state index contributed by atoms with van der Waals surface area (Å²) < 4.78 is 32.8. The molecule has 1 heterocycles. The molecule has 1 saturated carbocycles. The first-order chi connectivity index (χ1) is 19.0. The number of nitrogens with one attached hydrogen (secondary N) is 1. The number of fused-ring (bicyclic) bond motifs is 3. The lowest BCUT2D eigenvalue weighted by Gasteiger charge is -2.34. The van der Waals surface area contributed by atoms with E-state index >= 15 is 0 Å². The molecule has 1 aromatic heterocycles. The average Bonchev–Trinajstić information content (AvgIpc) is 3.27. The second-order valence-corrected chi connectivity index (χ2v) is 10.8. The summed E-state index contributed by atoms with van der Waals surface area (Å²) in [7, 11) is 0. The number of hydrogen-bond donors (Lipinski definition) is 2. The van der Waals surface area contributed by atoms with Crippen molar-refractivity contribution in [1.82, 2.24) is 0 Å². The summed E-state index contributed by atoms with van der Waals surface area (Å²) in [5, 5.41) is 13.7. The molecule has 5 rings (SSSR count). The van der Waals surface area contributed by atoms with Crippen LogP contribution in [0, 0.1) is 23.5 Å². The zero-order valence-corrected chi connectivity index (χ0v) is 22.5. The molecule has 1 fully saturated rings. The van der Waals surface area contributed by atoms with Crippen LogP contribution in [0.3, 0.4) is 0 Å². The van der Waals surface area contributed by atoms with E-state index in [9.17, 15) is 28.3 Å². The highest BCUT2D eigenvalue weighted by molar-refractivity contribution is 6.14. The summed E-state index contributed by atoms with van der Waals surface area (Å²) in [4.78, 5) is 40.5. The molecule has 4 aromatic rings. The maximum atomic E-state index is 13.7. The summed E-state index contributed by atoms with van der Waals surface area (Å²) >= 11 is 0. The smallest absolute Gasteiger partial charge is 0.337 e. The number of anilines is 2. The topological polar surface area (TPSA) is 99.8 Å². The van der Waals surface area contributed by atoms with Gasteiger partial charge < -0.3 is 19.7 Å². The second kappa shape index (κ2) is 10.7. The van der Waals surface area contributed by atoms with Crippen molar-refractivity contribution in [2.45, 2.75) is 52.5 Å². The van der Waals surface area contributed by atoms with Crippen LogP contribution >= 0.6 is 0 Å². The van der Waals surface area contributed by atoms with E-state index in [-0.39, 0.29) is 40.4 Å². The summed E-state index contributed by atoms with van der Waals surface area (Å²) in [6.07, 6.45) is 3.43. The number of hydrogen-bond acceptors (Lipinski definition) is 4. The van der Waals surface area contributed by atoms with Crippen LogP contribution < -0.4 is 10.2 Å². The van der Waals surface area contributed by atoms with E-state index < -0.39 is 23.5 Å². The maximum absolute atomic E-state index is 13.7. The molecule has 0 radical (unpaired) electrons. The quantitative estimate of drug-likeness (QED) is 0.262. The van der Waals surface area contributed by atoms with Crippen LogP contribution in [0.15, 0.2) is 52.9 Å². The molecule has 3 aromatic carbocycles. The van der Waals surface area contributed by atoms with Gasteiger partial charge in [-0.05, 0) is 87.9 Å². The van der Waals surface area contributed by atoms with Crippen molar-refractivity contribution in [2.24, 2.45) is 11.8 Å². The predicted molar refractivity (Wildman–Crippen MR) is 149 cm³/mol. The summed E-state index contributed by atoms with van der Waals surface area (Å²) in [6.45, 7) is 5.88. The third-order valence-corrected chi connectivity index (χ3v) is 7.64. The molecule has 0 spiro atoms. The Bertz CT molecular complexity index is 1640. The minimum absolute atomic E-state index is 0.0471. The predicted octanol–water partition coefficient (Wildman–Crippen LogP) is 7.38. The number of aromatic carboxylic acids is 1. The molecule has 0 bridgehead atoms. The zero-order valence-electron chi connectivity index (χ0n) is 22.5. The molecule has 2 amide bonds. The van der Waals surface area contributed by atoms with Gasteiger partial charge in [0.2, 0.25) is 5.91 Å². The molecule has 2 N–H and O–H groups in total. The van der Waals surface area contributed by atoms with Crippen LogP contribution in [-0.4, -0.2) is 28.9 Å². The van der Waals surface area contributed by atoms with Crippen LogP contribution in [0.2, 0.25) is 0 Å². The van der Waals surface area contributed by atoms with Crippen LogP contribution in [0.1, 0.15) is 67.2 Å². The summed E-state index contributed by atoms with van der Waals surface area (Å²) in [5.74, 6) is -3.54. The van der Waals surface area contributed by atoms with E-state index in [0.29, 0.717) is 27.9 Å². The number of nitrogens with zero attached hydrogens (tertiary/aromatic N) is 1. The first-order valence-corrected chi connectivity index (χ1v) is 13.4. The van der Waals surface area contributed by atoms with Crippen LogP contribution in [-0.2, 0) is 4.79 Å². The molecular formula is C31H30F2N2O5. The van der Waals surface area contributed by atoms with E-state index in [1.807, 2.05) is 13.8 Å². The highest BCUT2D eigenvalue weighted by Gasteiger charge is 2.33. The van der Waals surface area contributed by atoms with E-state index in [4.69, 9.17) is 4.42 Å². The third kappa shape index (κ3) is 5.15. The molecule has 40 heavy (non-hydrogen) atoms. The highest BCUT2D eigenvalue weighted by Crippen LogP contribution is 2.38. The Morgan fingerprint density at radius 3 is 2.27 bits per heavy atom. The second-order valence-electron chi connectivity index (χ2n) is 10.8. The molecular weight excluding hydrogens is 518 g/mol. The van der Waals surface area contributed by atoms with Crippen molar-refractivity contribution < 1.29 is 32.7 Å². The molecule has 208 valence electrons. The number of carbonyl (C=O) groups excluding carboxylic acids is 2. The fourth-order valence-electron chi connectivity index (χ4n) is 5.46. The maximum Gasteiger partial charge on any atom is 0.337 e. The van der Waals surface area contributed by atoms with Crippen molar-refractivity contribution >= 4 is 51.1 Å². The average molecular weight is 549 g/mol. The fraction of sp³-hybridized carbons (Fsp3) is 0.323. The Labute approximate surface area is 229 Å². The Balaban J connectivity index is 1.57. The van der Waals surface area contributed by atoms with Gasteiger partial charge in [-0.15, -0.1) is 0 Å². The van der Waals surface area contributed by atoms with E-state index in [1.54, 1.807) is 23.1 Å². The van der Waals surface area contributed by atoms with Crippen molar-refractivity contribution in [3.05, 3.63) is 71.3 Å². The van der Waals surface area contributed by atoms with Gasteiger partial charge in [0.25, 0.3) is 5.91 Å². The SMILES string of the molecule is CC1CCC(C(=O)N(c2cc3c(cc2C(=O)O)oc2ccc(C(=O)Nc4ccc(F)c(F)c4)cc23)C(C)C)CC1. The van der Waals surface area contributed by atoms with Gasteiger partial charge in [0.1, 0.15) is 11.2 Å². The van der Waals surface area contributed by atoms with Gasteiger partial charge in [-0.1, -0.05) is 6.92 Å². The number of furan rings is 1. The highest BCUT2D eigenvalue weighted by atomic mass is 19.2. The molecule has 0 atom stereocenters.